The molecule has 1 saturated heterocycles. The maximum atomic E-state index is 13.4. The summed E-state index contributed by atoms with van der Waals surface area (Å²) in [5, 5.41) is 3.34. The Labute approximate surface area is 216 Å². The Morgan fingerprint density at radius 1 is 1.14 bits per heavy atom. The van der Waals surface area contributed by atoms with Gasteiger partial charge in [-0.15, -0.1) is 0 Å². The van der Waals surface area contributed by atoms with Gasteiger partial charge in [0.25, 0.3) is 0 Å². The van der Waals surface area contributed by atoms with Crippen molar-refractivity contribution >= 4 is 13.0 Å². The quantitative estimate of drug-likeness (QED) is 0.617. The summed E-state index contributed by atoms with van der Waals surface area (Å²) in [7, 11) is -0.427. The lowest BCUT2D eigenvalue weighted by Gasteiger charge is -2.64. The number of aryl methyl sites for hydroxylation is 1. The van der Waals surface area contributed by atoms with Gasteiger partial charge in [-0.2, -0.15) is 0 Å². The number of hydrogen-bond donors (Lipinski definition) is 1. The van der Waals surface area contributed by atoms with E-state index in [1.807, 2.05) is 6.07 Å². The van der Waals surface area contributed by atoms with Gasteiger partial charge in [0.15, 0.2) is 0 Å². The number of carbonyl (C=O) groups excluding carboxylic acids is 1. The van der Waals surface area contributed by atoms with Crippen molar-refractivity contribution in [2.24, 2.45) is 17.3 Å². The van der Waals surface area contributed by atoms with Crippen LogP contribution < -0.4 is 5.32 Å². The molecule has 5 atom stereocenters. The second-order valence-electron chi connectivity index (χ2n) is 12.4. The summed E-state index contributed by atoms with van der Waals surface area (Å²) in [6.45, 7) is 11.3. The Balaban J connectivity index is 1.16. The molecule has 0 spiro atoms. The van der Waals surface area contributed by atoms with Crippen LogP contribution in [0.3, 0.4) is 0 Å². The topological polar surface area (TPSA) is 50.8 Å². The molecule has 190 valence electrons. The van der Waals surface area contributed by atoms with Crippen molar-refractivity contribution in [3.63, 3.8) is 0 Å². The first kappa shape index (κ1) is 24.2. The molecule has 2 aliphatic heterocycles. The molecular weight excluding hydrogens is 447 g/mol. The second-order valence-corrected chi connectivity index (χ2v) is 12.4. The first-order valence-electron chi connectivity index (χ1n) is 13.7. The third kappa shape index (κ3) is 4.21. The van der Waals surface area contributed by atoms with Gasteiger partial charge < -0.3 is 14.6 Å². The van der Waals surface area contributed by atoms with Gasteiger partial charge in [-0.25, -0.2) is 0 Å². The van der Waals surface area contributed by atoms with Gasteiger partial charge in [-0.3, -0.25) is 9.69 Å². The highest BCUT2D eigenvalue weighted by Gasteiger charge is 2.68. The van der Waals surface area contributed by atoms with E-state index >= 15 is 0 Å². The molecule has 2 aromatic carbocycles. The third-order valence-corrected chi connectivity index (χ3v) is 9.76. The van der Waals surface area contributed by atoms with E-state index in [9.17, 15) is 4.79 Å². The minimum atomic E-state index is -0.427. The largest absolute Gasteiger partial charge is 0.482 e. The smallest absolute Gasteiger partial charge is 0.404 e. The van der Waals surface area contributed by atoms with Gasteiger partial charge in [0.05, 0.1) is 24.2 Å². The van der Waals surface area contributed by atoms with Crippen LogP contribution in [0.4, 0.5) is 0 Å². The summed E-state index contributed by atoms with van der Waals surface area (Å²) in [5.41, 5.74) is 5.22. The van der Waals surface area contributed by atoms with E-state index in [1.54, 1.807) is 0 Å². The van der Waals surface area contributed by atoms with Crippen molar-refractivity contribution in [2.45, 2.75) is 77.6 Å². The maximum Gasteiger partial charge on any atom is 0.482 e. The number of amides is 1. The van der Waals surface area contributed by atoms with Crippen molar-refractivity contribution in [2.75, 3.05) is 13.1 Å². The number of carbonyl (C=O) groups is 1. The van der Waals surface area contributed by atoms with Gasteiger partial charge >= 0.3 is 7.12 Å². The average molecular weight is 486 g/mol. The summed E-state index contributed by atoms with van der Waals surface area (Å²) >= 11 is 0. The minimum absolute atomic E-state index is 0.0453. The predicted octanol–water partition coefficient (Wildman–Crippen LogP) is 4.35. The molecule has 1 N–H and O–H groups in total. The summed E-state index contributed by atoms with van der Waals surface area (Å²) in [6.07, 6.45) is 4.07. The fourth-order valence-corrected chi connectivity index (χ4v) is 7.49. The van der Waals surface area contributed by atoms with Crippen molar-refractivity contribution in [3.05, 3.63) is 70.8 Å². The molecule has 6 heteroatoms. The molecule has 2 bridgehead atoms. The van der Waals surface area contributed by atoms with Crippen LogP contribution >= 0.6 is 0 Å². The molecule has 2 heterocycles. The van der Waals surface area contributed by atoms with E-state index in [0.717, 1.165) is 25.9 Å². The lowest BCUT2D eigenvalue weighted by Crippen LogP contribution is -2.65. The fraction of sp³-hybridized carbons (Fsp3) is 0.567. The van der Waals surface area contributed by atoms with Gasteiger partial charge in [-0.05, 0) is 73.5 Å². The molecule has 3 unspecified atom stereocenters. The monoisotopic (exact) mass is 486 g/mol. The number of rotatable bonds is 6. The zero-order chi connectivity index (χ0) is 25.1. The fourth-order valence-electron chi connectivity index (χ4n) is 7.49. The van der Waals surface area contributed by atoms with Crippen molar-refractivity contribution in [3.8, 4) is 0 Å². The van der Waals surface area contributed by atoms with Crippen LogP contribution in [0.5, 0.6) is 0 Å². The maximum absolute atomic E-state index is 13.4. The number of nitrogens with one attached hydrogen (secondary N) is 1. The van der Waals surface area contributed by atoms with Crippen molar-refractivity contribution < 1.29 is 14.1 Å². The van der Waals surface area contributed by atoms with E-state index < -0.39 is 7.12 Å². The van der Waals surface area contributed by atoms with Crippen LogP contribution in [0.1, 0.15) is 55.9 Å². The van der Waals surface area contributed by atoms with Gasteiger partial charge in [-0.1, -0.05) is 67.9 Å². The Morgan fingerprint density at radius 2 is 1.94 bits per heavy atom. The Kier molecular flexibility index (Phi) is 6.05. The van der Waals surface area contributed by atoms with E-state index in [-0.39, 0.29) is 23.6 Å². The molecule has 4 fully saturated rings. The molecule has 1 amide bonds. The molecule has 5 nitrogen and oxygen atoms in total. The first-order valence-corrected chi connectivity index (χ1v) is 13.7. The summed E-state index contributed by atoms with van der Waals surface area (Å²) in [4.78, 5) is 15.6. The summed E-state index contributed by atoms with van der Waals surface area (Å²) in [5.74, 6) is 1.03. The molecule has 5 aliphatic rings. The first-order chi connectivity index (χ1) is 17.2. The lowest BCUT2D eigenvalue weighted by atomic mass is 9.43. The highest BCUT2D eigenvalue weighted by molar-refractivity contribution is 6.48. The van der Waals surface area contributed by atoms with E-state index in [2.05, 4.69) is 80.4 Å². The molecular formula is C30H39BN2O3. The molecule has 0 radical (unpaired) electrons. The zero-order valence-corrected chi connectivity index (χ0v) is 22.1. The number of nitrogens with zero attached hydrogens (tertiary/aromatic N) is 1. The summed E-state index contributed by atoms with van der Waals surface area (Å²) < 4.78 is 13.4. The molecule has 3 aliphatic carbocycles. The van der Waals surface area contributed by atoms with Crippen LogP contribution in [-0.4, -0.2) is 48.7 Å². The Hall–Kier alpha value is -2.15. The standard InChI is InChI=1S/C30H39BN2O3/c1-20-10-11-22-12-13-33(18-23(22)14-20)19-28(34)32-27(15-21-8-6-5-7-9-21)31-35-26-17-24-16-25(29(24,2)3)30(26,4)36-31/h5-11,14,24-27H,12-13,15-19H2,1-4H3,(H,32,34)/t24?,25?,26-,27?,30+/m1/s1. The number of hydrogen-bond acceptors (Lipinski definition) is 4. The Morgan fingerprint density at radius 3 is 2.72 bits per heavy atom. The van der Waals surface area contributed by atoms with E-state index in [0.29, 0.717) is 30.2 Å². The van der Waals surface area contributed by atoms with Gasteiger partial charge in [0.2, 0.25) is 5.91 Å². The van der Waals surface area contributed by atoms with E-state index in [1.165, 1.54) is 28.7 Å². The highest BCUT2D eigenvalue weighted by atomic mass is 16.7. The lowest BCUT2D eigenvalue weighted by molar-refractivity contribution is -0.199. The van der Waals surface area contributed by atoms with Crippen molar-refractivity contribution in [1.29, 1.82) is 0 Å². The third-order valence-electron chi connectivity index (χ3n) is 9.76. The zero-order valence-electron chi connectivity index (χ0n) is 22.1. The van der Waals surface area contributed by atoms with Crippen LogP contribution in [0.25, 0.3) is 0 Å². The van der Waals surface area contributed by atoms with Gasteiger partial charge in [0.1, 0.15) is 0 Å². The minimum Gasteiger partial charge on any atom is -0.404 e. The van der Waals surface area contributed by atoms with Crippen LogP contribution in [-0.2, 0) is 33.5 Å². The highest BCUT2D eigenvalue weighted by Crippen LogP contribution is 2.65. The molecule has 2 aromatic rings. The molecule has 7 rings (SSSR count). The number of benzene rings is 2. The van der Waals surface area contributed by atoms with Crippen LogP contribution in [0, 0.1) is 24.2 Å². The molecule has 36 heavy (non-hydrogen) atoms. The molecule has 0 aromatic heterocycles. The average Bonchev–Trinajstić information content (AvgIpc) is 3.21. The molecule has 3 saturated carbocycles. The van der Waals surface area contributed by atoms with Crippen LogP contribution in [0.2, 0.25) is 0 Å². The summed E-state index contributed by atoms with van der Waals surface area (Å²) in [6, 6.07) is 17.0. The van der Waals surface area contributed by atoms with E-state index in [4.69, 9.17) is 9.31 Å². The van der Waals surface area contributed by atoms with Gasteiger partial charge in [0, 0.05) is 13.1 Å². The normalized spacial score (nSPS) is 31.2. The predicted molar refractivity (Wildman–Crippen MR) is 142 cm³/mol. The van der Waals surface area contributed by atoms with Crippen LogP contribution in [0.15, 0.2) is 48.5 Å². The number of fused-ring (bicyclic) bond motifs is 1. The second kappa shape index (κ2) is 9.00. The Bertz CT molecular complexity index is 1140. The SMILES string of the molecule is Cc1ccc2c(c1)CN(CC(=O)NC(Cc1ccccc1)B1O[C@@H]3CC4CC(C4(C)C)[C@]3(C)O1)CC2. The van der Waals surface area contributed by atoms with Crippen molar-refractivity contribution in [1.82, 2.24) is 10.2 Å².